The van der Waals surface area contributed by atoms with Crippen LogP contribution in [-0.4, -0.2) is 23.1 Å². The van der Waals surface area contributed by atoms with Gasteiger partial charge in [0.25, 0.3) is 10.1 Å². The zero-order chi connectivity index (χ0) is 16.6. The van der Waals surface area contributed by atoms with Crippen molar-refractivity contribution in [2.24, 2.45) is 10.2 Å². The minimum absolute atomic E-state index is 0.276. The van der Waals surface area contributed by atoms with Crippen molar-refractivity contribution in [3.05, 3.63) is 35.8 Å². The second kappa shape index (κ2) is 5.57. The second-order valence-electron chi connectivity index (χ2n) is 4.54. The van der Waals surface area contributed by atoms with Gasteiger partial charge in [-0.3, -0.25) is 4.55 Å². The Hall–Kier alpha value is -2.56. The van der Waals surface area contributed by atoms with Gasteiger partial charge in [-0.05, 0) is 23.6 Å². The number of hydrogen-bond donors (Lipinski definition) is 3. The fraction of sp³-hybridized carbons (Fsp3) is 0. The first-order valence-electron chi connectivity index (χ1n) is 6.20. The molecule has 3 aromatic rings. The molecule has 0 atom stereocenters. The predicted molar refractivity (Wildman–Crippen MR) is 86.1 cm³/mol. The summed E-state index contributed by atoms with van der Waals surface area (Å²) in [5.74, 6) is -0.442. The highest BCUT2D eigenvalue weighted by Gasteiger charge is 2.22. The molecule has 3 rings (SSSR count). The number of hydrogen-bond acceptors (Lipinski definition) is 8. The molecule has 0 amide bonds. The molecule has 4 N–H and O–H groups in total. The Labute approximate surface area is 134 Å². The highest BCUT2D eigenvalue weighted by atomic mass is 32.2. The average Bonchev–Trinajstić information content (AvgIpc) is 2.99. The summed E-state index contributed by atoms with van der Waals surface area (Å²) >= 11 is 1.18. The summed E-state index contributed by atoms with van der Waals surface area (Å²) in [6.45, 7) is 0. The van der Waals surface area contributed by atoms with Gasteiger partial charge in [-0.25, -0.2) is 4.98 Å². The number of rotatable bonds is 3. The van der Waals surface area contributed by atoms with E-state index in [4.69, 9.17) is 5.73 Å². The van der Waals surface area contributed by atoms with Gasteiger partial charge in [0, 0.05) is 22.7 Å². The average molecular weight is 350 g/mol. The lowest BCUT2D eigenvalue weighted by atomic mass is 10.1. The van der Waals surface area contributed by atoms with Crippen LogP contribution in [0.5, 0.6) is 5.75 Å². The van der Waals surface area contributed by atoms with E-state index in [-0.39, 0.29) is 10.8 Å². The molecule has 1 heterocycles. The molecule has 0 aliphatic heterocycles. The van der Waals surface area contributed by atoms with E-state index >= 15 is 0 Å². The summed E-state index contributed by atoms with van der Waals surface area (Å²) in [7, 11) is -4.61. The molecule has 0 spiro atoms. The van der Waals surface area contributed by atoms with Gasteiger partial charge in [0.05, 0.1) is 0 Å². The van der Waals surface area contributed by atoms with Crippen molar-refractivity contribution >= 4 is 48.7 Å². The monoisotopic (exact) mass is 350 g/mol. The smallest absolute Gasteiger partial charge is 0.296 e. The molecule has 0 saturated carbocycles. The normalized spacial score (nSPS) is 12.2. The second-order valence-corrected chi connectivity index (χ2v) is 6.81. The van der Waals surface area contributed by atoms with Crippen LogP contribution < -0.4 is 5.73 Å². The van der Waals surface area contributed by atoms with Crippen LogP contribution in [0.4, 0.5) is 16.5 Å². The van der Waals surface area contributed by atoms with Crippen molar-refractivity contribution in [3.8, 4) is 5.75 Å². The highest BCUT2D eigenvalue weighted by molar-refractivity contribution is 7.86. The number of azo groups is 1. The minimum atomic E-state index is -4.61. The van der Waals surface area contributed by atoms with E-state index in [9.17, 15) is 18.1 Å². The van der Waals surface area contributed by atoms with Crippen LogP contribution in [0.25, 0.3) is 10.8 Å². The Kier molecular flexibility index (Phi) is 3.72. The van der Waals surface area contributed by atoms with Crippen LogP contribution in [0.3, 0.4) is 0 Å². The van der Waals surface area contributed by atoms with Gasteiger partial charge in [0.15, 0.2) is 5.75 Å². The molecular formula is C13H10N4O4S2. The first kappa shape index (κ1) is 15.3. The Bertz CT molecular complexity index is 1010. The standard InChI is InChI=1S/C13H10N4O4S2/c14-8-2-1-7-5-10(23(19,20)21)11(12(18)9(7)6-8)16-17-13-15-3-4-22-13/h1-6,18H,14H2,(H,19,20,21). The molecule has 0 bridgehead atoms. The zero-order valence-electron chi connectivity index (χ0n) is 11.4. The van der Waals surface area contributed by atoms with Crippen molar-refractivity contribution < 1.29 is 18.1 Å². The molecule has 0 aliphatic rings. The Morgan fingerprint density at radius 3 is 2.65 bits per heavy atom. The number of nitrogen functional groups attached to an aromatic ring is 1. The van der Waals surface area contributed by atoms with Crippen molar-refractivity contribution in [2.45, 2.75) is 4.90 Å². The lowest BCUT2D eigenvalue weighted by Gasteiger charge is -2.09. The van der Waals surface area contributed by atoms with Crippen LogP contribution in [0, 0.1) is 0 Å². The SMILES string of the molecule is Nc1ccc2cc(S(=O)(=O)O)c(N=Nc3nccs3)c(O)c2c1. The summed E-state index contributed by atoms with van der Waals surface area (Å²) in [4.78, 5) is 3.33. The van der Waals surface area contributed by atoms with Gasteiger partial charge >= 0.3 is 0 Å². The largest absolute Gasteiger partial charge is 0.505 e. The van der Waals surface area contributed by atoms with Crippen molar-refractivity contribution in [3.63, 3.8) is 0 Å². The minimum Gasteiger partial charge on any atom is -0.505 e. The number of phenols is 1. The lowest BCUT2D eigenvalue weighted by molar-refractivity contribution is 0.472. The number of benzene rings is 2. The summed E-state index contributed by atoms with van der Waals surface area (Å²) in [6.07, 6.45) is 1.50. The highest BCUT2D eigenvalue weighted by Crippen LogP contribution is 2.41. The lowest BCUT2D eigenvalue weighted by Crippen LogP contribution is -1.99. The quantitative estimate of drug-likeness (QED) is 0.376. The maximum absolute atomic E-state index is 11.6. The van der Waals surface area contributed by atoms with E-state index in [2.05, 4.69) is 15.2 Å². The predicted octanol–water partition coefficient (Wildman–Crippen LogP) is 3.25. The molecule has 0 saturated heterocycles. The number of nitrogens with zero attached hydrogens (tertiary/aromatic N) is 3. The van der Waals surface area contributed by atoms with E-state index in [1.807, 2.05) is 0 Å². The van der Waals surface area contributed by atoms with E-state index < -0.39 is 20.8 Å². The summed E-state index contributed by atoms with van der Waals surface area (Å²) < 4.78 is 32.6. The Balaban J connectivity index is 2.30. The van der Waals surface area contributed by atoms with E-state index in [1.165, 1.54) is 35.7 Å². The molecular weight excluding hydrogens is 340 g/mol. The molecule has 0 aliphatic carbocycles. The molecule has 0 unspecified atom stereocenters. The Morgan fingerprint density at radius 1 is 1.22 bits per heavy atom. The molecule has 23 heavy (non-hydrogen) atoms. The maximum atomic E-state index is 11.6. The number of thiazole rings is 1. The molecule has 0 radical (unpaired) electrons. The first-order chi connectivity index (χ1) is 10.9. The van der Waals surface area contributed by atoms with Crippen molar-refractivity contribution in [1.82, 2.24) is 4.98 Å². The maximum Gasteiger partial charge on any atom is 0.296 e. The summed E-state index contributed by atoms with van der Waals surface area (Å²) in [6, 6.07) is 5.74. The van der Waals surface area contributed by atoms with Gasteiger partial charge < -0.3 is 10.8 Å². The molecule has 2 aromatic carbocycles. The number of aromatic hydroxyl groups is 1. The number of aromatic nitrogens is 1. The van der Waals surface area contributed by atoms with E-state index in [0.717, 1.165) is 0 Å². The third-order valence-corrected chi connectivity index (χ3v) is 4.53. The molecule has 118 valence electrons. The number of anilines is 1. The third-order valence-electron chi connectivity index (χ3n) is 3.01. The van der Waals surface area contributed by atoms with Crippen LogP contribution in [0.2, 0.25) is 0 Å². The number of fused-ring (bicyclic) bond motifs is 1. The Morgan fingerprint density at radius 2 is 2.00 bits per heavy atom. The number of nitrogens with two attached hydrogens (primary N) is 1. The molecule has 8 nitrogen and oxygen atoms in total. The van der Waals surface area contributed by atoms with Gasteiger partial charge in [-0.2, -0.15) is 8.42 Å². The fourth-order valence-electron chi connectivity index (χ4n) is 2.01. The van der Waals surface area contributed by atoms with E-state index in [1.54, 1.807) is 11.4 Å². The van der Waals surface area contributed by atoms with Crippen LogP contribution in [0.1, 0.15) is 0 Å². The van der Waals surface area contributed by atoms with Crippen LogP contribution in [-0.2, 0) is 10.1 Å². The zero-order valence-corrected chi connectivity index (χ0v) is 13.0. The third kappa shape index (κ3) is 2.99. The van der Waals surface area contributed by atoms with Gasteiger partial charge in [-0.15, -0.1) is 21.6 Å². The van der Waals surface area contributed by atoms with Gasteiger partial charge in [-0.1, -0.05) is 6.07 Å². The number of phenolic OH excluding ortho intramolecular Hbond substituents is 1. The van der Waals surface area contributed by atoms with Gasteiger partial charge in [0.2, 0.25) is 5.13 Å². The first-order valence-corrected chi connectivity index (χ1v) is 8.52. The van der Waals surface area contributed by atoms with Crippen molar-refractivity contribution in [2.75, 3.05) is 5.73 Å². The summed E-state index contributed by atoms with van der Waals surface area (Å²) in [5, 5.41) is 20.5. The fourth-order valence-corrected chi connectivity index (χ4v) is 3.12. The molecule has 1 aromatic heterocycles. The molecule has 0 fully saturated rings. The van der Waals surface area contributed by atoms with Crippen LogP contribution >= 0.6 is 11.3 Å². The summed E-state index contributed by atoms with van der Waals surface area (Å²) in [5.41, 5.74) is 5.69. The van der Waals surface area contributed by atoms with Gasteiger partial charge in [0.1, 0.15) is 10.6 Å². The van der Waals surface area contributed by atoms with Crippen molar-refractivity contribution in [1.29, 1.82) is 0 Å². The topological polar surface area (TPSA) is 138 Å². The van der Waals surface area contributed by atoms with Crippen LogP contribution in [0.15, 0.2) is 51.0 Å². The molecule has 10 heteroatoms. The van der Waals surface area contributed by atoms with E-state index in [0.29, 0.717) is 16.5 Å².